The average molecular weight is 345 g/mol. The lowest BCUT2D eigenvalue weighted by atomic mass is 10.0. The Hall–Kier alpha value is -2.56. The number of hydrogen-bond donors (Lipinski definition) is 1. The zero-order chi connectivity index (χ0) is 18.4. The van der Waals surface area contributed by atoms with Gasteiger partial charge in [-0.1, -0.05) is 19.1 Å². The highest BCUT2D eigenvalue weighted by molar-refractivity contribution is 5.87. The smallest absolute Gasteiger partial charge is 0.412 e. The summed E-state index contributed by atoms with van der Waals surface area (Å²) in [5, 5.41) is 2.71. The van der Waals surface area contributed by atoms with Gasteiger partial charge in [-0.05, 0) is 63.1 Å². The monoisotopic (exact) mass is 345 g/mol. The lowest BCUT2D eigenvalue weighted by molar-refractivity contribution is 0.0636. The van der Waals surface area contributed by atoms with Crippen LogP contribution in [-0.2, 0) is 4.74 Å². The summed E-state index contributed by atoms with van der Waals surface area (Å²) in [5.74, 6) is 0.381. The van der Waals surface area contributed by atoms with Gasteiger partial charge in [-0.3, -0.25) is 5.32 Å². The van der Waals surface area contributed by atoms with Crippen molar-refractivity contribution in [3.63, 3.8) is 0 Å². The molecule has 0 aliphatic heterocycles. The third-order valence-electron chi connectivity index (χ3n) is 3.24. The van der Waals surface area contributed by atoms with E-state index >= 15 is 0 Å². The zero-order valence-electron chi connectivity index (χ0n) is 15.1. The molecule has 0 aromatic heterocycles. The van der Waals surface area contributed by atoms with E-state index in [-0.39, 0.29) is 5.82 Å². The number of benzene rings is 2. The molecule has 1 N–H and O–H groups in total. The van der Waals surface area contributed by atoms with E-state index in [1.807, 2.05) is 6.92 Å². The van der Waals surface area contributed by atoms with Crippen LogP contribution in [0.1, 0.15) is 34.1 Å². The van der Waals surface area contributed by atoms with Crippen molar-refractivity contribution in [3.05, 3.63) is 48.3 Å². The van der Waals surface area contributed by atoms with E-state index in [1.54, 1.807) is 51.1 Å². The molecule has 0 heterocycles. The Morgan fingerprint density at radius 2 is 1.80 bits per heavy atom. The molecule has 2 rings (SSSR count). The van der Waals surface area contributed by atoms with E-state index in [0.717, 1.165) is 17.5 Å². The standard InChI is InChI=1S/C20H24FNO3/c1-5-12-24-18-11-10-16(22-19(23)25-20(2,3)4)13-17(18)14-6-8-15(21)9-7-14/h6-11,13H,5,12H2,1-4H3,(H,22,23). The van der Waals surface area contributed by atoms with E-state index in [2.05, 4.69) is 5.32 Å². The molecule has 0 saturated heterocycles. The molecule has 2 aromatic carbocycles. The lowest BCUT2D eigenvalue weighted by Gasteiger charge is -2.20. The fraction of sp³-hybridized carbons (Fsp3) is 0.350. The summed E-state index contributed by atoms with van der Waals surface area (Å²) in [7, 11) is 0. The Kier molecular flexibility index (Phi) is 6.02. The van der Waals surface area contributed by atoms with E-state index in [9.17, 15) is 9.18 Å². The first-order valence-corrected chi connectivity index (χ1v) is 8.31. The van der Waals surface area contributed by atoms with Crippen molar-refractivity contribution in [1.29, 1.82) is 0 Å². The Labute approximate surface area is 148 Å². The van der Waals surface area contributed by atoms with Crippen LogP contribution in [0.3, 0.4) is 0 Å². The molecule has 0 saturated carbocycles. The summed E-state index contributed by atoms with van der Waals surface area (Å²) in [6.07, 6.45) is 0.348. The molecule has 4 nitrogen and oxygen atoms in total. The molecule has 0 radical (unpaired) electrons. The van der Waals surface area contributed by atoms with Crippen molar-refractivity contribution in [2.45, 2.75) is 39.7 Å². The van der Waals surface area contributed by atoms with Gasteiger partial charge in [-0.25, -0.2) is 9.18 Å². The molecule has 0 bridgehead atoms. The first kappa shape index (κ1) is 18.8. The summed E-state index contributed by atoms with van der Waals surface area (Å²) < 4.78 is 24.3. The lowest BCUT2D eigenvalue weighted by Crippen LogP contribution is -2.27. The van der Waals surface area contributed by atoms with Crippen LogP contribution in [0.25, 0.3) is 11.1 Å². The second-order valence-corrected chi connectivity index (χ2v) is 6.69. The average Bonchev–Trinajstić information content (AvgIpc) is 2.52. The van der Waals surface area contributed by atoms with Crippen molar-refractivity contribution < 1.29 is 18.7 Å². The predicted molar refractivity (Wildman–Crippen MR) is 97.5 cm³/mol. The van der Waals surface area contributed by atoms with Gasteiger partial charge >= 0.3 is 6.09 Å². The first-order chi connectivity index (χ1) is 11.8. The molecule has 1 amide bonds. The molecule has 0 fully saturated rings. The van der Waals surface area contributed by atoms with Gasteiger partial charge in [0, 0.05) is 11.3 Å². The Bertz CT molecular complexity index is 721. The molecule has 0 spiro atoms. The van der Waals surface area contributed by atoms with Gasteiger partial charge in [0.15, 0.2) is 0 Å². The van der Waals surface area contributed by atoms with Crippen LogP contribution >= 0.6 is 0 Å². The highest BCUT2D eigenvalue weighted by atomic mass is 19.1. The molecular weight excluding hydrogens is 321 g/mol. The maximum Gasteiger partial charge on any atom is 0.412 e. The van der Waals surface area contributed by atoms with Crippen molar-refractivity contribution in [1.82, 2.24) is 0 Å². The van der Waals surface area contributed by atoms with Crippen LogP contribution in [0.4, 0.5) is 14.9 Å². The molecule has 5 heteroatoms. The number of amides is 1. The van der Waals surface area contributed by atoms with Crippen molar-refractivity contribution in [2.24, 2.45) is 0 Å². The van der Waals surface area contributed by atoms with Gasteiger partial charge in [-0.2, -0.15) is 0 Å². The molecule has 0 unspecified atom stereocenters. The number of nitrogens with one attached hydrogen (secondary N) is 1. The van der Waals surface area contributed by atoms with Crippen LogP contribution in [0.2, 0.25) is 0 Å². The number of halogens is 1. The Morgan fingerprint density at radius 1 is 1.12 bits per heavy atom. The van der Waals surface area contributed by atoms with Gasteiger partial charge in [0.25, 0.3) is 0 Å². The first-order valence-electron chi connectivity index (χ1n) is 8.31. The minimum absolute atomic E-state index is 0.303. The maximum absolute atomic E-state index is 13.2. The summed E-state index contributed by atoms with van der Waals surface area (Å²) in [4.78, 5) is 12.0. The Morgan fingerprint density at radius 3 is 2.40 bits per heavy atom. The summed E-state index contributed by atoms with van der Waals surface area (Å²) >= 11 is 0. The van der Waals surface area contributed by atoms with Crippen LogP contribution in [0.5, 0.6) is 5.75 Å². The van der Waals surface area contributed by atoms with E-state index in [0.29, 0.717) is 18.0 Å². The summed E-state index contributed by atoms with van der Waals surface area (Å²) in [5.41, 5.74) is 1.59. The largest absolute Gasteiger partial charge is 0.493 e. The van der Waals surface area contributed by atoms with Crippen LogP contribution in [0.15, 0.2) is 42.5 Å². The number of hydrogen-bond acceptors (Lipinski definition) is 3. The van der Waals surface area contributed by atoms with Crippen LogP contribution < -0.4 is 10.1 Å². The fourth-order valence-electron chi connectivity index (χ4n) is 2.22. The normalized spacial score (nSPS) is 11.1. The highest BCUT2D eigenvalue weighted by Gasteiger charge is 2.17. The van der Waals surface area contributed by atoms with Crippen molar-refractivity contribution in [3.8, 4) is 16.9 Å². The summed E-state index contributed by atoms with van der Waals surface area (Å²) in [6.45, 7) is 8.01. The molecule has 25 heavy (non-hydrogen) atoms. The van der Waals surface area contributed by atoms with Gasteiger partial charge < -0.3 is 9.47 Å². The van der Waals surface area contributed by atoms with Crippen molar-refractivity contribution in [2.75, 3.05) is 11.9 Å². The molecule has 0 aliphatic rings. The fourth-order valence-corrected chi connectivity index (χ4v) is 2.22. The predicted octanol–water partition coefficient (Wildman–Crippen LogP) is 5.63. The van der Waals surface area contributed by atoms with E-state index in [4.69, 9.17) is 9.47 Å². The molecule has 2 aromatic rings. The zero-order valence-corrected chi connectivity index (χ0v) is 15.1. The number of anilines is 1. The van der Waals surface area contributed by atoms with Crippen LogP contribution in [0, 0.1) is 5.82 Å². The second kappa shape index (κ2) is 8.01. The molecule has 0 atom stereocenters. The SMILES string of the molecule is CCCOc1ccc(NC(=O)OC(C)(C)C)cc1-c1ccc(F)cc1. The van der Waals surface area contributed by atoms with Gasteiger partial charge in [0.05, 0.1) is 6.61 Å². The molecule has 134 valence electrons. The van der Waals surface area contributed by atoms with Gasteiger partial charge in [-0.15, -0.1) is 0 Å². The van der Waals surface area contributed by atoms with E-state index in [1.165, 1.54) is 12.1 Å². The van der Waals surface area contributed by atoms with E-state index < -0.39 is 11.7 Å². The number of rotatable bonds is 5. The topological polar surface area (TPSA) is 47.6 Å². The minimum Gasteiger partial charge on any atom is -0.493 e. The summed E-state index contributed by atoms with van der Waals surface area (Å²) in [6, 6.07) is 11.5. The van der Waals surface area contributed by atoms with Gasteiger partial charge in [0.1, 0.15) is 17.2 Å². The third-order valence-corrected chi connectivity index (χ3v) is 3.24. The number of ether oxygens (including phenoxy) is 2. The number of carbonyl (C=O) groups excluding carboxylic acids is 1. The Balaban J connectivity index is 2.30. The van der Waals surface area contributed by atoms with Crippen LogP contribution in [-0.4, -0.2) is 18.3 Å². The third kappa shape index (κ3) is 5.78. The maximum atomic E-state index is 13.2. The molecule has 0 aliphatic carbocycles. The minimum atomic E-state index is -0.575. The second-order valence-electron chi connectivity index (χ2n) is 6.69. The number of carbonyl (C=O) groups is 1. The van der Waals surface area contributed by atoms with Gasteiger partial charge in [0.2, 0.25) is 0 Å². The molecular formula is C20H24FNO3. The quantitative estimate of drug-likeness (QED) is 0.764. The highest BCUT2D eigenvalue weighted by Crippen LogP contribution is 2.33. The van der Waals surface area contributed by atoms with Crippen molar-refractivity contribution >= 4 is 11.8 Å².